The van der Waals surface area contributed by atoms with Crippen LogP contribution >= 0.6 is 0 Å². The number of rotatable bonds is 5. The van der Waals surface area contributed by atoms with Crippen molar-refractivity contribution in [1.29, 1.82) is 0 Å². The second-order valence-electron chi connectivity index (χ2n) is 5.81. The molecule has 0 aromatic carbocycles. The van der Waals surface area contributed by atoms with Gasteiger partial charge in [-0.1, -0.05) is 0 Å². The summed E-state index contributed by atoms with van der Waals surface area (Å²) in [5, 5.41) is 6.45. The van der Waals surface area contributed by atoms with Gasteiger partial charge in [-0.3, -0.25) is 4.79 Å². The number of nitrogens with one attached hydrogen (secondary N) is 2. The van der Waals surface area contributed by atoms with Crippen molar-refractivity contribution in [3.8, 4) is 0 Å². The highest BCUT2D eigenvalue weighted by Crippen LogP contribution is 2.17. The van der Waals surface area contributed by atoms with E-state index >= 15 is 0 Å². The Morgan fingerprint density at radius 1 is 1.42 bits per heavy atom. The first-order valence-electron chi connectivity index (χ1n) is 7.50. The monoisotopic (exact) mass is 269 g/mol. The Labute approximate surface area is 116 Å². The Balaban J connectivity index is 1.56. The first-order valence-corrected chi connectivity index (χ1v) is 7.50. The molecule has 2 fully saturated rings. The molecule has 2 aliphatic heterocycles. The van der Waals surface area contributed by atoms with E-state index in [9.17, 15) is 4.79 Å². The molecule has 1 unspecified atom stereocenters. The maximum atomic E-state index is 11.9. The highest BCUT2D eigenvalue weighted by atomic mass is 16.5. The number of amides is 1. The number of likely N-dealkylation sites (N-methyl/N-ethyl adjacent to an activating group) is 1. The van der Waals surface area contributed by atoms with Crippen molar-refractivity contribution < 1.29 is 9.53 Å². The van der Waals surface area contributed by atoms with E-state index in [1.165, 1.54) is 0 Å². The van der Waals surface area contributed by atoms with Crippen molar-refractivity contribution in [2.75, 3.05) is 46.4 Å². The van der Waals surface area contributed by atoms with Gasteiger partial charge in [0, 0.05) is 51.9 Å². The Hall–Kier alpha value is -0.650. The van der Waals surface area contributed by atoms with E-state index < -0.39 is 0 Å². The van der Waals surface area contributed by atoms with E-state index in [0.29, 0.717) is 12.5 Å². The molecule has 0 aromatic heterocycles. The largest absolute Gasteiger partial charge is 0.381 e. The first-order chi connectivity index (χ1) is 9.24. The summed E-state index contributed by atoms with van der Waals surface area (Å²) in [4.78, 5) is 14.1. The summed E-state index contributed by atoms with van der Waals surface area (Å²) in [5.41, 5.74) is 0. The highest BCUT2D eigenvalue weighted by molar-refractivity contribution is 5.76. The summed E-state index contributed by atoms with van der Waals surface area (Å²) < 4.78 is 5.34. The summed E-state index contributed by atoms with van der Waals surface area (Å²) in [5.74, 6) is 0.910. The molecule has 1 atom stereocenters. The molecular formula is C14H27N3O2. The van der Waals surface area contributed by atoms with Crippen LogP contribution < -0.4 is 10.6 Å². The lowest BCUT2D eigenvalue weighted by atomic mass is 9.97. The third-order valence-corrected chi connectivity index (χ3v) is 4.11. The topological polar surface area (TPSA) is 53.6 Å². The zero-order valence-electron chi connectivity index (χ0n) is 12.0. The lowest BCUT2D eigenvalue weighted by Crippen LogP contribution is -2.50. The van der Waals surface area contributed by atoms with Crippen LogP contribution in [0.1, 0.15) is 25.7 Å². The molecule has 0 radical (unpaired) electrons. The number of nitrogens with zero attached hydrogens (tertiary/aromatic N) is 1. The lowest BCUT2D eigenvalue weighted by molar-refractivity contribution is -0.121. The number of hydrogen-bond acceptors (Lipinski definition) is 4. The van der Waals surface area contributed by atoms with E-state index in [1.807, 2.05) is 0 Å². The van der Waals surface area contributed by atoms with Crippen molar-refractivity contribution in [2.24, 2.45) is 5.92 Å². The van der Waals surface area contributed by atoms with Crippen LogP contribution in [0.25, 0.3) is 0 Å². The Bertz CT molecular complexity index is 280. The third-order valence-electron chi connectivity index (χ3n) is 4.11. The van der Waals surface area contributed by atoms with Gasteiger partial charge in [0.15, 0.2) is 0 Å². The van der Waals surface area contributed by atoms with Gasteiger partial charge in [0.1, 0.15) is 0 Å². The van der Waals surface area contributed by atoms with Gasteiger partial charge >= 0.3 is 0 Å². The van der Waals surface area contributed by atoms with Crippen molar-refractivity contribution in [3.63, 3.8) is 0 Å². The normalized spacial score (nSPS) is 26.3. The summed E-state index contributed by atoms with van der Waals surface area (Å²) >= 11 is 0. The smallest absolute Gasteiger partial charge is 0.221 e. The van der Waals surface area contributed by atoms with Crippen molar-refractivity contribution in [3.05, 3.63) is 0 Å². The number of carbonyl (C=O) groups excluding carboxylic acids is 1. The fourth-order valence-corrected chi connectivity index (χ4v) is 2.88. The maximum Gasteiger partial charge on any atom is 0.221 e. The molecule has 110 valence electrons. The van der Waals surface area contributed by atoms with Gasteiger partial charge in [0.25, 0.3) is 0 Å². The van der Waals surface area contributed by atoms with Crippen LogP contribution in [0.4, 0.5) is 0 Å². The SMILES string of the molecule is CN1CCNC(CC(=O)NCCC2CCOCC2)C1. The molecule has 0 aliphatic carbocycles. The molecule has 2 saturated heterocycles. The van der Waals surface area contributed by atoms with E-state index in [0.717, 1.165) is 64.6 Å². The van der Waals surface area contributed by atoms with Gasteiger partial charge < -0.3 is 20.3 Å². The molecule has 0 bridgehead atoms. The molecule has 19 heavy (non-hydrogen) atoms. The molecule has 2 N–H and O–H groups in total. The molecular weight excluding hydrogens is 242 g/mol. The third kappa shape index (κ3) is 5.47. The predicted octanol–water partition coefficient (Wildman–Crippen LogP) is 0.213. The fourth-order valence-electron chi connectivity index (χ4n) is 2.88. The summed E-state index contributed by atoms with van der Waals surface area (Å²) in [6.07, 6.45) is 3.97. The Morgan fingerprint density at radius 2 is 2.21 bits per heavy atom. The minimum Gasteiger partial charge on any atom is -0.381 e. The van der Waals surface area contributed by atoms with Crippen LogP contribution in [0.2, 0.25) is 0 Å². The van der Waals surface area contributed by atoms with Crippen molar-refractivity contribution in [1.82, 2.24) is 15.5 Å². The standard InChI is InChI=1S/C14H27N3O2/c1-17-7-6-15-13(11-17)10-14(18)16-5-2-12-3-8-19-9-4-12/h12-13,15H,2-11H2,1H3,(H,16,18). The van der Waals surface area contributed by atoms with E-state index in [2.05, 4.69) is 22.6 Å². The number of ether oxygens (including phenoxy) is 1. The molecule has 5 heteroatoms. The quantitative estimate of drug-likeness (QED) is 0.749. The van der Waals surface area contributed by atoms with Crippen LogP contribution in [-0.2, 0) is 9.53 Å². The van der Waals surface area contributed by atoms with Crippen LogP contribution in [0, 0.1) is 5.92 Å². The Kier molecular flexibility index (Phi) is 6.07. The van der Waals surface area contributed by atoms with Gasteiger partial charge in [0.05, 0.1) is 0 Å². The van der Waals surface area contributed by atoms with E-state index in [1.54, 1.807) is 0 Å². The summed E-state index contributed by atoms with van der Waals surface area (Å²) in [7, 11) is 2.11. The molecule has 2 rings (SSSR count). The molecule has 5 nitrogen and oxygen atoms in total. The first kappa shape index (κ1) is 14.8. The summed E-state index contributed by atoms with van der Waals surface area (Å²) in [6, 6.07) is 0.307. The molecule has 1 amide bonds. The molecule has 0 saturated carbocycles. The zero-order valence-corrected chi connectivity index (χ0v) is 12.0. The Morgan fingerprint density at radius 3 is 2.95 bits per heavy atom. The zero-order chi connectivity index (χ0) is 13.5. The average molecular weight is 269 g/mol. The molecule has 0 spiro atoms. The van der Waals surface area contributed by atoms with Gasteiger partial charge in [-0.25, -0.2) is 0 Å². The van der Waals surface area contributed by atoms with E-state index in [-0.39, 0.29) is 5.91 Å². The van der Waals surface area contributed by atoms with Crippen LogP contribution in [0.5, 0.6) is 0 Å². The molecule has 2 heterocycles. The molecule has 0 aromatic rings. The summed E-state index contributed by atoms with van der Waals surface area (Å²) in [6.45, 7) is 5.60. The number of carbonyl (C=O) groups is 1. The lowest BCUT2D eigenvalue weighted by Gasteiger charge is -2.30. The van der Waals surface area contributed by atoms with Crippen molar-refractivity contribution >= 4 is 5.91 Å². The fraction of sp³-hybridized carbons (Fsp3) is 0.929. The maximum absolute atomic E-state index is 11.9. The second-order valence-corrected chi connectivity index (χ2v) is 5.81. The molecule has 2 aliphatic rings. The van der Waals surface area contributed by atoms with Crippen LogP contribution in [0.15, 0.2) is 0 Å². The minimum atomic E-state index is 0.180. The minimum absolute atomic E-state index is 0.180. The second kappa shape index (κ2) is 7.82. The number of piperazine rings is 1. The van der Waals surface area contributed by atoms with Crippen molar-refractivity contribution in [2.45, 2.75) is 31.7 Å². The van der Waals surface area contributed by atoms with Gasteiger partial charge in [-0.2, -0.15) is 0 Å². The average Bonchev–Trinajstić information content (AvgIpc) is 2.40. The van der Waals surface area contributed by atoms with Gasteiger partial charge in [-0.05, 0) is 32.2 Å². The van der Waals surface area contributed by atoms with Crippen LogP contribution in [0.3, 0.4) is 0 Å². The predicted molar refractivity (Wildman–Crippen MR) is 75.1 cm³/mol. The van der Waals surface area contributed by atoms with E-state index in [4.69, 9.17) is 4.74 Å². The van der Waals surface area contributed by atoms with Gasteiger partial charge in [0.2, 0.25) is 5.91 Å². The highest BCUT2D eigenvalue weighted by Gasteiger charge is 2.19. The number of hydrogen-bond donors (Lipinski definition) is 2. The van der Waals surface area contributed by atoms with Crippen LogP contribution in [-0.4, -0.2) is 63.3 Å². The van der Waals surface area contributed by atoms with Gasteiger partial charge in [-0.15, -0.1) is 0 Å².